The SMILES string of the molecule is O=C(CSc1ccc(F)cc1F)N1CCN(CCO)CC1. The number of piperazine rings is 1. The minimum atomic E-state index is -0.638. The predicted octanol–water partition coefficient (Wildman–Crippen LogP) is 1.19. The Morgan fingerprint density at radius 2 is 1.95 bits per heavy atom. The Labute approximate surface area is 126 Å². The molecule has 21 heavy (non-hydrogen) atoms. The third-order valence-electron chi connectivity index (χ3n) is 3.39. The fraction of sp³-hybridized carbons (Fsp3) is 0.500. The Kier molecular flexibility index (Phi) is 5.96. The first-order valence-corrected chi connectivity index (χ1v) is 7.77. The van der Waals surface area contributed by atoms with Crippen LogP contribution in [0.1, 0.15) is 0 Å². The van der Waals surface area contributed by atoms with E-state index < -0.39 is 11.6 Å². The molecule has 1 saturated heterocycles. The zero-order chi connectivity index (χ0) is 15.2. The number of rotatable bonds is 5. The summed E-state index contributed by atoms with van der Waals surface area (Å²) in [6, 6.07) is 3.35. The topological polar surface area (TPSA) is 43.8 Å². The van der Waals surface area contributed by atoms with Crippen LogP contribution in [0.2, 0.25) is 0 Å². The Bertz CT molecular complexity index is 494. The second kappa shape index (κ2) is 7.72. The molecule has 0 aliphatic carbocycles. The van der Waals surface area contributed by atoms with Gasteiger partial charge in [-0.25, -0.2) is 8.78 Å². The average Bonchev–Trinajstić information content (AvgIpc) is 2.47. The average molecular weight is 316 g/mol. The molecule has 116 valence electrons. The fourth-order valence-corrected chi connectivity index (χ4v) is 3.01. The maximum absolute atomic E-state index is 13.5. The number of halogens is 2. The number of nitrogens with zero attached hydrogens (tertiary/aromatic N) is 2. The lowest BCUT2D eigenvalue weighted by Gasteiger charge is -2.34. The van der Waals surface area contributed by atoms with Crippen molar-refractivity contribution in [3.05, 3.63) is 29.8 Å². The van der Waals surface area contributed by atoms with Crippen LogP contribution in [0, 0.1) is 11.6 Å². The van der Waals surface area contributed by atoms with Gasteiger partial charge in [-0.1, -0.05) is 0 Å². The van der Waals surface area contributed by atoms with E-state index in [0.717, 1.165) is 30.9 Å². The normalized spacial score (nSPS) is 16.2. The highest BCUT2D eigenvalue weighted by Crippen LogP contribution is 2.22. The summed E-state index contributed by atoms with van der Waals surface area (Å²) in [5, 5.41) is 8.86. The van der Waals surface area contributed by atoms with E-state index in [2.05, 4.69) is 4.90 Å². The molecule has 2 rings (SSSR count). The molecular formula is C14H18F2N2O2S. The molecule has 1 N–H and O–H groups in total. The van der Waals surface area contributed by atoms with E-state index in [1.807, 2.05) is 0 Å². The van der Waals surface area contributed by atoms with Crippen LogP contribution in [0.25, 0.3) is 0 Å². The van der Waals surface area contributed by atoms with Gasteiger partial charge in [-0.15, -0.1) is 11.8 Å². The first-order valence-electron chi connectivity index (χ1n) is 6.79. The summed E-state index contributed by atoms with van der Waals surface area (Å²) >= 11 is 1.08. The largest absolute Gasteiger partial charge is 0.395 e. The van der Waals surface area contributed by atoms with Gasteiger partial charge in [0.25, 0.3) is 0 Å². The summed E-state index contributed by atoms with van der Waals surface area (Å²) in [6.45, 7) is 3.45. The van der Waals surface area contributed by atoms with Gasteiger partial charge in [-0.05, 0) is 12.1 Å². The Morgan fingerprint density at radius 1 is 1.24 bits per heavy atom. The van der Waals surface area contributed by atoms with Crippen molar-refractivity contribution in [1.82, 2.24) is 9.80 Å². The maximum atomic E-state index is 13.5. The lowest BCUT2D eigenvalue weighted by Crippen LogP contribution is -2.49. The Morgan fingerprint density at radius 3 is 2.57 bits per heavy atom. The lowest BCUT2D eigenvalue weighted by atomic mass is 10.3. The molecule has 0 radical (unpaired) electrons. The third kappa shape index (κ3) is 4.66. The number of hydrogen-bond acceptors (Lipinski definition) is 4. The van der Waals surface area contributed by atoms with Crippen molar-refractivity contribution >= 4 is 17.7 Å². The number of carbonyl (C=O) groups excluding carboxylic acids is 1. The maximum Gasteiger partial charge on any atom is 0.233 e. The Balaban J connectivity index is 1.80. The van der Waals surface area contributed by atoms with Gasteiger partial charge in [0.15, 0.2) is 0 Å². The standard InChI is InChI=1S/C14H18F2N2O2S/c15-11-1-2-13(12(16)9-11)21-10-14(20)18-5-3-17(4-6-18)7-8-19/h1-2,9,19H,3-8,10H2. The van der Waals surface area contributed by atoms with Crippen molar-refractivity contribution < 1.29 is 18.7 Å². The number of aliphatic hydroxyl groups is 1. The van der Waals surface area contributed by atoms with Gasteiger partial charge in [-0.3, -0.25) is 9.69 Å². The first-order chi connectivity index (χ1) is 10.1. The first kappa shape index (κ1) is 16.2. The van der Waals surface area contributed by atoms with Crippen LogP contribution < -0.4 is 0 Å². The summed E-state index contributed by atoms with van der Waals surface area (Å²) in [7, 11) is 0. The smallest absolute Gasteiger partial charge is 0.233 e. The highest BCUT2D eigenvalue weighted by molar-refractivity contribution is 8.00. The molecule has 0 spiro atoms. The number of benzene rings is 1. The van der Waals surface area contributed by atoms with Crippen LogP contribution in [-0.4, -0.2) is 65.9 Å². The molecule has 0 saturated carbocycles. The molecule has 0 aromatic heterocycles. The summed E-state index contributed by atoms with van der Waals surface area (Å²) < 4.78 is 26.3. The van der Waals surface area contributed by atoms with E-state index >= 15 is 0 Å². The molecule has 4 nitrogen and oxygen atoms in total. The number of carbonyl (C=O) groups is 1. The molecule has 1 aliphatic rings. The van der Waals surface area contributed by atoms with E-state index in [1.165, 1.54) is 12.1 Å². The van der Waals surface area contributed by atoms with Crippen molar-refractivity contribution in [2.45, 2.75) is 4.90 Å². The summed E-state index contributed by atoms with van der Waals surface area (Å²) in [5.74, 6) is -1.17. The van der Waals surface area contributed by atoms with Gasteiger partial charge in [-0.2, -0.15) is 0 Å². The molecule has 1 aliphatic heterocycles. The molecule has 0 atom stereocenters. The zero-order valence-corrected chi connectivity index (χ0v) is 12.4. The van der Waals surface area contributed by atoms with Gasteiger partial charge in [0, 0.05) is 43.7 Å². The quantitative estimate of drug-likeness (QED) is 0.829. The van der Waals surface area contributed by atoms with Crippen molar-refractivity contribution in [3.63, 3.8) is 0 Å². The number of β-amino-alcohol motifs (C(OH)–C–C–N with tert-alkyl or cyclic N) is 1. The molecule has 1 amide bonds. The van der Waals surface area contributed by atoms with E-state index in [0.29, 0.717) is 19.6 Å². The second-order valence-corrected chi connectivity index (χ2v) is 5.83. The van der Waals surface area contributed by atoms with Crippen molar-refractivity contribution in [3.8, 4) is 0 Å². The highest BCUT2D eigenvalue weighted by Gasteiger charge is 2.20. The molecule has 0 bridgehead atoms. The number of aliphatic hydroxyl groups excluding tert-OH is 1. The summed E-state index contributed by atoms with van der Waals surface area (Å²) in [6.07, 6.45) is 0. The molecule has 1 aromatic carbocycles. The van der Waals surface area contributed by atoms with Gasteiger partial charge < -0.3 is 10.0 Å². The van der Waals surface area contributed by atoms with Crippen LogP contribution in [0.4, 0.5) is 8.78 Å². The van der Waals surface area contributed by atoms with Crippen molar-refractivity contribution in [2.75, 3.05) is 45.1 Å². The van der Waals surface area contributed by atoms with Crippen LogP contribution >= 0.6 is 11.8 Å². The fourth-order valence-electron chi connectivity index (χ4n) is 2.19. The van der Waals surface area contributed by atoms with Gasteiger partial charge >= 0.3 is 0 Å². The zero-order valence-electron chi connectivity index (χ0n) is 11.6. The molecular weight excluding hydrogens is 298 g/mol. The molecule has 1 aromatic rings. The van der Waals surface area contributed by atoms with Crippen LogP contribution in [0.5, 0.6) is 0 Å². The van der Waals surface area contributed by atoms with Gasteiger partial charge in [0.1, 0.15) is 11.6 Å². The van der Waals surface area contributed by atoms with E-state index in [4.69, 9.17) is 5.11 Å². The number of hydrogen-bond donors (Lipinski definition) is 1. The molecule has 1 heterocycles. The lowest BCUT2D eigenvalue weighted by molar-refractivity contribution is -0.130. The summed E-state index contributed by atoms with van der Waals surface area (Å²) in [4.78, 5) is 16.2. The second-order valence-electron chi connectivity index (χ2n) is 4.81. The van der Waals surface area contributed by atoms with Crippen LogP contribution in [0.3, 0.4) is 0 Å². The minimum absolute atomic E-state index is 0.0487. The highest BCUT2D eigenvalue weighted by atomic mass is 32.2. The predicted molar refractivity (Wildman–Crippen MR) is 77.2 cm³/mol. The molecule has 1 fully saturated rings. The summed E-state index contributed by atoms with van der Waals surface area (Å²) in [5.41, 5.74) is 0. The molecule has 7 heteroatoms. The van der Waals surface area contributed by atoms with Gasteiger partial charge in [0.2, 0.25) is 5.91 Å². The van der Waals surface area contributed by atoms with Gasteiger partial charge in [0.05, 0.1) is 12.4 Å². The number of amides is 1. The Hall–Kier alpha value is -1.18. The van der Waals surface area contributed by atoms with E-state index in [9.17, 15) is 13.6 Å². The van der Waals surface area contributed by atoms with E-state index in [1.54, 1.807) is 4.90 Å². The number of thioether (sulfide) groups is 1. The van der Waals surface area contributed by atoms with Crippen molar-refractivity contribution in [2.24, 2.45) is 0 Å². The third-order valence-corrected chi connectivity index (χ3v) is 4.42. The van der Waals surface area contributed by atoms with Crippen LogP contribution in [0.15, 0.2) is 23.1 Å². The molecule has 0 unspecified atom stereocenters. The van der Waals surface area contributed by atoms with Crippen LogP contribution in [-0.2, 0) is 4.79 Å². The van der Waals surface area contributed by atoms with E-state index in [-0.39, 0.29) is 23.2 Å². The minimum Gasteiger partial charge on any atom is -0.395 e. The van der Waals surface area contributed by atoms with Crippen molar-refractivity contribution in [1.29, 1.82) is 0 Å². The monoisotopic (exact) mass is 316 g/mol.